The van der Waals surface area contributed by atoms with Crippen molar-refractivity contribution in [2.75, 3.05) is 5.32 Å². The van der Waals surface area contributed by atoms with Crippen LogP contribution in [0.3, 0.4) is 0 Å². The Hall–Kier alpha value is -1.72. The molecule has 3 aromatic carbocycles. The van der Waals surface area contributed by atoms with Crippen LogP contribution < -0.4 is 10.6 Å². The van der Waals surface area contributed by atoms with Crippen molar-refractivity contribution in [3.8, 4) is 0 Å². The molecule has 3 aromatic rings. The van der Waals surface area contributed by atoms with E-state index in [1.807, 2.05) is 84.9 Å². The minimum atomic E-state index is -1.76. The first-order valence-electron chi connectivity index (χ1n) is 8.83. The van der Waals surface area contributed by atoms with E-state index in [1.165, 1.54) is 0 Å². The zero-order valence-electron chi connectivity index (χ0n) is 15.2. The highest BCUT2D eigenvalue weighted by molar-refractivity contribution is 9.10. The molecule has 0 spiro atoms. The van der Waals surface area contributed by atoms with Gasteiger partial charge in [-0.25, -0.2) is 0 Å². The molecule has 150 valence electrons. The quantitative estimate of drug-likeness (QED) is 0.292. The number of amides is 1. The molecule has 0 aliphatic carbocycles. The van der Waals surface area contributed by atoms with Crippen LogP contribution in [0.4, 0.5) is 5.69 Å². The van der Waals surface area contributed by atoms with Gasteiger partial charge in [0, 0.05) is 10.2 Å². The summed E-state index contributed by atoms with van der Waals surface area (Å²) in [5.41, 5.74) is 2.41. The Kier molecular flexibility index (Phi) is 7.47. The number of carbonyl (C=O) groups is 1. The summed E-state index contributed by atoms with van der Waals surface area (Å²) in [6, 6.07) is 26.4. The first-order valence-corrected chi connectivity index (χ1v) is 10.8. The molecule has 3 rings (SSSR count). The number of carbonyl (C=O) groups excluding carboxylic acids is 1. The van der Waals surface area contributed by atoms with E-state index < -0.39 is 15.9 Å². The van der Waals surface area contributed by atoms with Crippen molar-refractivity contribution in [3.63, 3.8) is 0 Å². The summed E-state index contributed by atoms with van der Waals surface area (Å²) in [5.74, 6) is -0.817. The predicted molar refractivity (Wildman–Crippen MR) is 125 cm³/mol. The predicted octanol–water partition coefficient (Wildman–Crippen LogP) is 6.51. The lowest BCUT2D eigenvalue weighted by molar-refractivity contribution is -0.122. The number of halogens is 4. The molecule has 29 heavy (non-hydrogen) atoms. The van der Waals surface area contributed by atoms with Crippen LogP contribution in [-0.2, 0) is 4.79 Å². The van der Waals surface area contributed by atoms with Crippen molar-refractivity contribution in [1.29, 1.82) is 0 Å². The third kappa shape index (κ3) is 6.13. The van der Waals surface area contributed by atoms with Crippen LogP contribution in [0.1, 0.15) is 17.0 Å². The molecule has 0 radical (unpaired) electrons. The van der Waals surface area contributed by atoms with E-state index in [-0.39, 0.29) is 5.91 Å². The van der Waals surface area contributed by atoms with Crippen molar-refractivity contribution in [3.05, 3.63) is 101 Å². The fraction of sp³-hybridized carbons (Fsp3) is 0.136. The first-order chi connectivity index (χ1) is 13.8. The lowest BCUT2D eigenvalue weighted by Gasteiger charge is -2.29. The van der Waals surface area contributed by atoms with E-state index in [1.54, 1.807) is 0 Å². The van der Waals surface area contributed by atoms with Crippen LogP contribution in [0.25, 0.3) is 0 Å². The standard InChI is InChI=1S/C22H18BrCl3N2O/c23-17-11-13-18(14-12-17)27-21(22(24,25)26)28-20(29)19(15-7-3-1-4-8-15)16-9-5-2-6-10-16/h1-14,19,21,27H,(H,28,29). The van der Waals surface area contributed by atoms with Crippen LogP contribution in [-0.4, -0.2) is 15.9 Å². The molecule has 0 fully saturated rings. The maximum Gasteiger partial charge on any atom is 0.233 e. The van der Waals surface area contributed by atoms with E-state index in [0.29, 0.717) is 5.69 Å². The fourth-order valence-corrected chi connectivity index (χ4v) is 3.52. The summed E-state index contributed by atoms with van der Waals surface area (Å²) in [6.07, 6.45) is -0.934. The van der Waals surface area contributed by atoms with Gasteiger partial charge in [0.15, 0.2) is 0 Å². The Morgan fingerprint density at radius 1 is 0.793 bits per heavy atom. The zero-order valence-corrected chi connectivity index (χ0v) is 19.0. The van der Waals surface area contributed by atoms with Crippen LogP contribution in [0.5, 0.6) is 0 Å². The van der Waals surface area contributed by atoms with E-state index >= 15 is 0 Å². The summed E-state index contributed by atoms with van der Waals surface area (Å²) in [4.78, 5) is 13.3. The lowest BCUT2D eigenvalue weighted by Crippen LogP contribution is -2.50. The van der Waals surface area contributed by atoms with Crippen molar-refractivity contribution >= 4 is 62.3 Å². The monoisotopic (exact) mass is 510 g/mol. The van der Waals surface area contributed by atoms with Crippen molar-refractivity contribution < 1.29 is 4.79 Å². The lowest BCUT2D eigenvalue weighted by atomic mass is 9.90. The highest BCUT2D eigenvalue weighted by Gasteiger charge is 2.36. The summed E-state index contributed by atoms with van der Waals surface area (Å²) in [5, 5.41) is 5.95. The number of anilines is 1. The second-order valence-electron chi connectivity index (χ2n) is 6.39. The third-order valence-corrected chi connectivity index (χ3v) is 5.48. The van der Waals surface area contributed by atoms with E-state index in [9.17, 15) is 4.79 Å². The third-order valence-electron chi connectivity index (χ3n) is 4.30. The smallest absolute Gasteiger partial charge is 0.233 e. The molecular formula is C22H18BrCl3N2O. The zero-order chi connectivity index (χ0) is 20.9. The van der Waals surface area contributed by atoms with Crippen LogP contribution in [0, 0.1) is 0 Å². The van der Waals surface area contributed by atoms with E-state index in [4.69, 9.17) is 34.8 Å². The molecule has 3 nitrogen and oxygen atoms in total. The summed E-state index contributed by atoms with van der Waals surface area (Å²) < 4.78 is -0.841. The molecular weight excluding hydrogens is 495 g/mol. The minimum absolute atomic E-state index is 0.275. The van der Waals surface area contributed by atoms with Gasteiger partial charge >= 0.3 is 0 Å². The van der Waals surface area contributed by atoms with Gasteiger partial charge < -0.3 is 10.6 Å². The molecule has 7 heteroatoms. The highest BCUT2D eigenvalue weighted by Crippen LogP contribution is 2.33. The van der Waals surface area contributed by atoms with Crippen molar-refractivity contribution in [2.45, 2.75) is 15.9 Å². The van der Waals surface area contributed by atoms with Gasteiger partial charge in [0.1, 0.15) is 6.17 Å². The average Bonchev–Trinajstić information content (AvgIpc) is 2.70. The second-order valence-corrected chi connectivity index (χ2v) is 9.67. The molecule has 2 N–H and O–H groups in total. The summed E-state index contributed by atoms with van der Waals surface area (Å²) in [6.45, 7) is 0. The van der Waals surface area contributed by atoms with Gasteiger partial charge in [-0.2, -0.15) is 0 Å². The SMILES string of the molecule is O=C(NC(Nc1ccc(Br)cc1)C(Cl)(Cl)Cl)C(c1ccccc1)c1ccccc1. The number of benzene rings is 3. The Morgan fingerprint density at radius 2 is 1.28 bits per heavy atom. The number of hydrogen-bond donors (Lipinski definition) is 2. The van der Waals surface area contributed by atoms with Gasteiger partial charge in [-0.1, -0.05) is 111 Å². The second kappa shape index (κ2) is 9.86. The Labute approximate surface area is 193 Å². The topological polar surface area (TPSA) is 41.1 Å². The number of alkyl halides is 3. The van der Waals surface area contributed by atoms with Crippen molar-refractivity contribution in [1.82, 2.24) is 5.32 Å². The van der Waals surface area contributed by atoms with Gasteiger partial charge in [-0.3, -0.25) is 4.79 Å². The fourth-order valence-electron chi connectivity index (χ4n) is 2.92. The Morgan fingerprint density at radius 3 is 1.72 bits per heavy atom. The van der Waals surface area contributed by atoms with Crippen LogP contribution in [0.15, 0.2) is 89.4 Å². The molecule has 0 aliphatic rings. The average molecular weight is 513 g/mol. The maximum absolute atomic E-state index is 13.3. The molecule has 1 unspecified atom stereocenters. The molecule has 0 heterocycles. The minimum Gasteiger partial charge on any atom is -0.362 e. The molecule has 1 amide bonds. The van der Waals surface area contributed by atoms with Gasteiger partial charge in [0.05, 0.1) is 5.92 Å². The molecule has 0 saturated heterocycles. The van der Waals surface area contributed by atoms with Gasteiger partial charge in [0.2, 0.25) is 9.70 Å². The number of hydrogen-bond acceptors (Lipinski definition) is 2. The molecule has 0 aromatic heterocycles. The normalized spacial score (nSPS) is 12.4. The first kappa shape index (κ1) is 22.0. The molecule has 1 atom stereocenters. The largest absolute Gasteiger partial charge is 0.362 e. The van der Waals surface area contributed by atoms with E-state index in [0.717, 1.165) is 15.6 Å². The number of nitrogens with one attached hydrogen (secondary N) is 2. The molecule has 0 saturated carbocycles. The van der Waals surface area contributed by atoms with Gasteiger partial charge in [-0.05, 0) is 35.4 Å². The summed E-state index contributed by atoms with van der Waals surface area (Å²) >= 11 is 21.9. The molecule has 0 aliphatic heterocycles. The highest BCUT2D eigenvalue weighted by atomic mass is 79.9. The number of rotatable bonds is 6. The van der Waals surface area contributed by atoms with E-state index in [2.05, 4.69) is 26.6 Å². The Balaban J connectivity index is 1.88. The Bertz CT molecular complexity index is 892. The van der Waals surface area contributed by atoms with Crippen LogP contribution >= 0.6 is 50.7 Å². The van der Waals surface area contributed by atoms with Crippen LogP contribution in [0.2, 0.25) is 0 Å². The molecule has 0 bridgehead atoms. The van der Waals surface area contributed by atoms with Gasteiger partial charge in [-0.15, -0.1) is 0 Å². The summed E-state index contributed by atoms with van der Waals surface area (Å²) in [7, 11) is 0. The van der Waals surface area contributed by atoms with Gasteiger partial charge in [0.25, 0.3) is 0 Å². The maximum atomic E-state index is 13.3. The van der Waals surface area contributed by atoms with Crippen molar-refractivity contribution in [2.24, 2.45) is 0 Å².